The lowest BCUT2D eigenvalue weighted by atomic mass is 10.2. The summed E-state index contributed by atoms with van der Waals surface area (Å²) in [6, 6.07) is 21.1. The van der Waals surface area contributed by atoms with Gasteiger partial charge in [0.15, 0.2) is 23.9 Å². The molecular formula is C25H24BrN5O3S. The van der Waals surface area contributed by atoms with Gasteiger partial charge in [-0.2, -0.15) is 5.10 Å². The van der Waals surface area contributed by atoms with Gasteiger partial charge in [0.25, 0.3) is 5.91 Å². The van der Waals surface area contributed by atoms with Crippen molar-refractivity contribution in [2.75, 3.05) is 24.5 Å². The van der Waals surface area contributed by atoms with E-state index in [4.69, 9.17) is 21.7 Å². The first-order valence-electron chi connectivity index (χ1n) is 10.8. The molecule has 0 aliphatic rings. The van der Waals surface area contributed by atoms with Crippen LogP contribution in [0.3, 0.4) is 0 Å². The van der Waals surface area contributed by atoms with Gasteiger partial charge < -0.3 is 20.2 Å². The van der Waals surface area contributed by atoms with Gasteiger partial charge in [-0.3, -0.25) is 4.79 Å². The van der Waals surface area contributed by atoms with Gasteiger partial charge in [-0.15, -0.1) is 0 Å². The van der Waals surface area contributed by atoms with E-state index in [1.165, 1.54) is 0 Å². The lowest BCUT2D eigenvalue weighted by Crippen LogP contribution is -2.20. The van der Waals surface area contributed by atoms with E-state index in [1.54, 1.807) is 11.8 Å². The van der Waals surface area contributed by atoms with E-state index in [0.29, 0.717) is 38.8 Å². The fourth-order valence-electron chi connectivity index (χ4n) is 3.38. The van der Waals surface area contributed by atoms with Gasteiger partial charge in [0.1, 0.15) is 0 Å². The van der Waals surface area contributed by atoms with Crippen molar-refractivity contribution in [1.29, 1.82) is 0 Å². The highest BCUT2D eigenvalue weighted by Crippen LogP contribution is 2.36. The zero-order valence-electron chi connectivity index (χ0n) is 19.2. The summed E-state index contributed by atoms with van der Waals surface area (Å²) in [6.07, 6.45) is 0. The van der Waals surface area contributed by atoms with Gasteiger partial charge in [0.05, 0.1) is 18.1 Å². The van der Waals surface area contributed by atoms with Crippen molar-refractivity contribution >= 4 is 39.7 Å². The summed E-state index contributed by atoms with van der Waals surface area (Å²) in [7, 11) is 1.55. The SMILES string of the molecule is COc1cc(CNn2c(-c3ccccc3)n[nH]c2=S)cc(Br)c1OCC(=O)Nc1ccc(C)cc1. The predicted octanol–water partition coefficient (Wildman–Crippen LogP) is 5.45. The second-order valence-corrected chi connectivity index (χ2v) is 8.94. The number of aromatic nitrogens is 3. The molecule has 3 aromatic carbocycles. The van der Waals surface area contributed by atoms with Gasteiger partial charge in [-0.05, 0) is 64.9 Å². The number of benzene rings is 3. The summed E-state index contributed by atoms with van der Waals surface area (Å²) in [5.41, 5.74) is 6.96. The topological polar surface area (TPSA) is 93.2 Å². The van der Waals surface area contributed by atoms with E-state index >= 15 is 0 Å². The Morgan fingerprint density at radius 2 is 1.89 bits per heavy atom. The molecule has 0 aliphatic heterocycles. The molecule has 4 aromatic rings. The average molecular weight is 554 g/mol. The lowest BCUT2D eigenvalue weighted by molar-refractivity contribution is -0.118. The quantitative estimate of drug-likeness (QED) is 0.239. The second-order valence-electron chi connectivity index (χ2n) is 7.70. The highest BCUT2D eigenvalue weighted by Gasteiger charge is 2.15. The van der Waals surface area contributed by atoms with Crippen LogP contribution in [-0.4, -0.2) is 34.5 Å². The summed E-state index contributed by atoms with van der Waals surface area (Å²) < 4.78 is 14.1. The maximum atomic E-state index is 12.3. The highest BCUT2D eigenvalue weighted by atomic mass is 79.9. The molecule has 1 aromatic heterocycles. The van der Waals surface area contributed by atoms with Crippen LogP contribution in [0, 0.1) is 11.7 Å². The number of carbonyl (C=O) groups excluding carboxylic acids is 1. The first kappa shape index (κ1) is 24.5. The highest BCUT2D eigenvalue weighted by molar-refractivity contribution is 9.10. The number of nitrogens with one attached hydrogen (secondary N) is 3. The maximum Gasteiger partial charge on any atom is 0.262 e. The molecule has 0 spiro atoms. The summed E-state index contributed by atoms with van der Waals surface area (Å²) in [4.78, 5) is 12.3. The smallest absolute Gasteiger partial charge is 0.262 e. The van der Waals surface area contributed by atoms with Crippen molar-refractivity contribution in [3.05, 3.63) is 87.1 Å². The molecule has 35 heavy (non-hydrogen) atoms. The zero-order valence-corrected chi connectivity index (χ0v) is 21.6. The van der Waals surface area contributed by atoms with Crippen LogP contribution in [0.2, 0.25) is 0 Å². The molecule has 0 atom stereocenters. The standard InChI is InChI=1S/C25H24BrN5O3S/c1-16-8-10-19(11-9-16)28-22(32)15-34-23-20(26)12-17(13-21(23)33-2)14-27-31-24(29-30-25(31)35)18-6-4-3-5-7-18/h3-13,27H,14-15H2,1-2H3,(H,28,32)(H,30,35). The number of halogens is 1. The molecule has 0 saturated carbocycles. The molecule has 0 fully saturated rings. The zero-order chi connectivity index (χ0) is 24.8. The van der Waals surface area contributed by atoms with Crippen LogP contribution in [0.15, 0.2) is 71.2 Å². The normalized spacial score (nSPS) is 10.6. The van der Waals surface area contributed by atoms with E-state index in [0.717, 1.165) is 16.7 Å². The monoisotopic (exact) mass is 553 g/mol. The molecule has 1 heterocycles. The lowest BCUT2D eigenvalue weighted by Gasteiger charge is -2.16. The molecule has 3 N–H and O–H groups in total. The minimum atomic E-state index is -0.267. The van der Waals surface area contributed by atoms with Crippen LogP contribution in [-0.2, 0) is 11.3 Å². The number of hydrogen-bond acceptors (Lipinski definition) is 6. The third-order valence-electron chi connectivity index (χ3n) is 5.12. The van der Waals surface area contributed by atoms with Gasteiger partial charge in [0.2, 0.25) is 4.77 Å². The number of aromatic amines is 1. The summed E-state index contributed by atoms with van der Waals surface area (Å²) in [6.45, 7) is 2.27. The number of rotatable bonds is 9. The summed E-state index contributed by atoms with van der Waals surface area (Å²) in [5, 5.41) is 9.97. The Kier molecular flexibility index (Phi) is 7.84. The molecule has 10 heteroatoms. The van der Waals surface area contributed by atoms with Crippen molar-refractivity contribution in [2.45, 2.75) is 13.5 Å². The summed E-state index contributed by atoms with van der Waals surface area (Å²) >= 11 is 8.92. The molecule has 0 bridgehead atoms. The van der Waals surface area contributed by atoms with E-state index in [-0.39, 0.29) is 12.5 Å². The van der Waals surface area contributed by atoms with Crippen LogP contribution in [0.5, 0.6) is 11.5 Å². The van der Waals surface area contributed by atoms with E-state index in [2.05, 4.69) is 36.9 Å². The van der Waals surface area contributed by atoms with Crippen molar-refractivity contribution in [3.63, 3.8) is 0 Å². The number of nitrogens with zero attached hydrogens (tertiary/aromatic N) is 2. The molecule has 0 aliphatic carbocycles. The Morgan fingerprint density at radius 1 is 1.14 bits per heavy atom. The average Bonchev–Trinajstić information content (AvgIpc) is 3.23. The summed E-state index contributed by atoms with van der Waals surface area (Å²) in [5.74, 6) is 1.36. The third-order valence-corrected chi connectivity index (χ3v) is 5.98. The molecule has 1 amide bonds. The van der Waals surface area contributed by atoms with E-state index in [9.17, 15) is 4.79 Å². The minimum absolute atomic E-state index is 0.162. The minimum Gasteiger partial charge on any atom is -0.493 e. The van der Waals surface area contributed by atoms with Gasteiger partial charge in [-0.25, -0.2) is 9.77 Å². The van der Waals surface area contributed by atoms with E-state index in [1.807, 2.05) is 73.7 Å². The number of methoxy groups -OCH3 is 1. The number of anilines is 1. The van der Waals surface area contributed by atoms with Crippen LogP contribution < -0.4 is 20.2 Å². The maximum absolute atomic E-state index is 12.3. The molecular weight excluding hydrogens is 530 g/mol. The van der Waals surface area contributed by atoms with Crippen LogP contribution in [0.1, 0.15) is 11.1 Å². The Morgan fingerprint density at radius 3 is 2.60 bits per heavy atom. The molecule has 0 saturated heterocycles. The number of aryl methyl sites for hydroxylation is 1. The number of hydrogen-bond donors (Lipinski definition) is 3. The molecule has 0 unspecified atom stereocenters. The number of amides is 1. The fourth-order valence-corrected chi connectivity index (χ4v) is 4.18. The van der Waals surface area contributed by atoms with E-state index < -0.39 is 0 Å². The van der Waals surface area contributed by atoms with Crippen LogP contribution >= 0.6 is 28.1 Å². The van der Waals surface area contributed by atoms with Gasteiger partial charge >= 0.3 is 0 Å². The number of carbonyl (C=O) groups is 1. The van der Waals surface area contributed by atoms with Crippen LogP contribution in [0.4, 0.5) is 5.69 Å². The fraction of sp³-hybridized carbons (Fsp3) is 0.160. The van der Waals surface area contributed by atoms with Crippen LogP contribution in [0.25, 0.3) is 11.4 Å². The van der Waals surface area contributed by atoms with Crippen molar-refractivity contribution in [1.82, 2.24) is 14.9 Å². The number of ether oxygens (including phenoxy) is 2. The number of H-pyrrole nitrogens is 1. The van der Waals surface area contributed by atoms with Crippen molar-refractivity contribution in [3.8, 4) is 22.9 Å². The molecule has 8 nitrogen and oxygen atoms in total. The van der Waals surface area contributed by atoms with Crippen molar-refractivity contribution < 1.29 is 14.3 Å². The Bertz CT molecular complexity index is 1370. The largest absolute Gasteiger partial charge is 0.493 e. The molecule has 180 valence electrons. The van der Waals surface area contributed by atoms with Crippen molar-refractivity contribution in [2.24, 2.45) is 0 Å². The molecule has 0 radical (unpaired) electrons. The molecule has 4 rings (SSSR count). The third kappa shape index (κ3) is 6.09. The Labute approximate surface area is 216 Å². The predicted molar refractivity (Wildman–Crippen MR) is 142 cm³/mol. The van der Waals surface area contributed by atoms with Gasteiger partial charge in [-0.1, -0.05) is 48.0 Å². The van der Waals surface area contributed by atoms with Gasteiger partial charge in [0, 0.05) is 11.3 Å². The Hall–Kier alpha value is -3.63. The first-order valence-corrected chi connectivity index (χ1v) is 12.0. The Balaban J connectivity index is 1.44. The second kappa shape index (κ2) is 11.2. The first-order chi connectivity index (χ1) is 16.9.